The number of halogens is 2. The van der Waals surface area contributed by atoms with Gasteiger partial charge < -0.3 is 4.90 Å². The summed E-state index contributed by atoms with van der Waals surface area (Å²) in [5, 5.41) is 0.503. The van der Waals surface area contributed by atoms with E-state index >= 15 is 0 Å². The highest BCUT2D eigenvalue weighted by Crippen LogP contribution is 2.24. The van der Waals surface area contributed by atoms with Crippen LogP contribution < -0.4 is 4.72 Å². The number of sulfonamides is 1. The first kappa shape index (κ1) is 17.7. The van der Waals surface area contributed by atoms with Crippen molar-refractivity contribution in [2.45, 2.75) is 31.2 Å². The van der Waals surface area contributed by atoms with Crippen molar-refractivity contribution in [3.05, 3.63) is 28.2 Å². The first-order valence-electron chi connectivity index (χ1n) is 6.43. The molecule has 0 aliphatic carbocycles. The summed E-state index contributed by atoms with van der Waals surface area (Å²) in [5.41, 5.74) is 0. The van der Waals surface area contributed by atoms with Gasteiger partial charge in [0.15, 0.2) is 0 Å². The zero-order valence-corrected chi connectivity index (χ0v) is 14.2. The molecule has 4 nitrogen and oxygen atoms in total. The van der Waals surface area contributed by atoms with E-state index in [0.717, 1.165) is 6.42 Å². The number of rotatable bonds is 7. The molecule has 0 bridgehead atoms. The van der Waals surface area contributed by atoms with Crippen LogP contribution in [-0.2, 0) is 10.0 Å². The van der Waals surface area contributed by atoms with E-state index < -0.39 is 10.0 Å². The van der Waals surface area contributed by atoms with E-state index in [9.17, 15) is 8.42 Å². The molecule has 1 atom stereocenters. The molecule has 20 heavy (non-hydrogen) atoms. The third-order valence-electron chi connectivity index (χ3n) is 3.28. The molecule has 1 N–H and O–H groups in total. The van der Waals surface area contributed by atoms with Crippen LogP contribution in [-0.4, -0.2) is 39.5 Å². The molecule has 0 fully saturated rings. The number of nitrogens with one attached hydrogen (secondary N) is 1. The van der Waals surface area contributed by atoms with Crippen molar-refractivity contribution in [3.8, 4) is 0 Å². The van der Waals surface area contributed by atoms with Crippen molar-refractivity contribution >= 4 is 33.2 Å². The molecule has 0 aliphatic rings. The van der Waals surface area contributed by atoms with E-state index in [1.807, 2.05) is 7.05 Å². The van der Waals surface area contributed by atoms with Gasteiger partial charge in [0.05, 0.1) is 5.02 Å². The van der Waals surface area contributed by atoms with Crippen molar-refractivity contribution < 1.29 is 8.42 Å². The number of nitrogens with zero attached hydrogens (tertiary/aromatic N) is 1. The summed E-state index contributed by atoms with van der Waals surface area (Å²) in [5.74, 6) is 0. The summed E-state index contributed by atoms with van der Waals surface area (Å²) < 4.78 is 26.8. The fourth-order valence-corrected chi connectivity index (χ4v) is 3.43. The Morgan fingerprint density at radius 2 is 2.00 bits per heavy atom. The summed E-state index contributed by atoms with van der Waals surface area (Å²) in [4.78, 5) is 2.11. The maximum absolute atomic E-state index is 12.2. The fraction of sp³-hybridized carbons (Fsp3) is 0.538. The van der Waals surface area contributed by atoms with Gasteiger partial charge in [-0.15, -0.1) is 0 Å². The van der Waals surface area contributed by atoms with Gasteiger partial charge in [-0.05, 0) is 38.6 Å². The number of likely N-dealkylation sites (N-methyl/N-ethyl adjacent to an activating group) is 1. The third kappa shape index (κ3) is 4.90. The zero-order chi connectivity index (χ0) is 15.3. The first-order valence-corrected chi connectivity index (χ1v) is 8.66. The van der Waals surface area contributed by atoms with Gasteiger partial charge in [0.25, 0.3) is 0 Å². The average molecular weight is 339 g/mol. The van der Waals surface area contributed by atoms with Crippen LogP contribution in [0.4, 0.5) is 0 Å². The van der Waals surface area contributed by atoms with E-state index in [1.54, 1.807) is 6.07 Å². The molecule has 1 aromatic carbocycles. The smallest absolute Gasteiger partial charge is 0.242 e. The molecule has 114 valence electrons. The second-order valence-electron chi connectivity index (χ2n) is 4.71. The summed E-state index contributed by atoms with van der Waals surface area (Å²) in [6, 6.07) is 4.79. The quantitative estimate of drug-likeness (QED) is 0.831. The molecular weight excluding hydrogens is 319 g/mol. The van der Waals surface area contributed by atoms with Gasteiger partial charge in [-0.1, -0.05) is 30.1 Å². The summed E-state index contributed by atoms with van der Waals surface area (Å²) in [7, 11) is -1.67. The Hall–Kier alpha value is -0.330. The predicted molar refractivity (Wildman–Crippen MR) is 84.0 cm³/mol. The summed E-state index contributed by atoms with van der Waals surface area (Å²) in [6.07, 6.45) is 1.02. The summed E-state index contributed by atoms with van der Waals surface area (Å²) in [6.45, 7) is 5.15. The Bertz CT molecular complexity index is 549. The average Bonchev–Trinajstić information content (AvgIpc) is 2.40. The Kier molecular flexibility index (Phi) is 6.75. The zero-order valence-electron chi connectivity index (χ0n) is 11.9. The molecule has 0 radical (unpaired) electrons. The molecular formula is C13H20Cl2N2O2S. The fourth-order valence-electron chi connectivity index (χ4n) is 1.65. The Morgan fingerprint density at radius 3 is 2.60 bits per heavy atom. The van der Waals surface area contributed by atoms with Crippen molar-refractivity contribution in [2.75, 3.05) is 20.1 Å². The predicted octanol–water partition coefficient (Wildman–Crippen LogP) is 3.00. The highest BCUT2D eigenvalue weighted by Gasteiger charge is 2.18. The van der Waals surface area contributed by atoms with Gasteiger partial charge in [0.1, 0.15) is 4.90 Å². The lowest BCUT2D eigenvalue weighted by atomic mass is 10.2. The van der Waals surface area contributed by atoms with Crippen molar-refractivity contribution in [1.82, 2.24) is 9.62 Å². The molecule has 1 unspecified atom stereocenters. The molecule has 0 amide bonds. The van der Waals surface area contributed by atoms with Gasteiger partial charge in [0, 0.05) is 24.2 Å². The van der Waals surface area contributed by atoms with E-state index in [-0.39, 0.29) is 9.92 Å². The van der Waals surface area contributed by atoms with Crippen LogP contribution in [0.15, 0.2) is 23.1 Å². The first-order chi connectivity index (χ1) is 9.27. The van der Waals surface area contributed by atoms with Crippen LogP contribution in [0.5, 0.6) is 0 Å². The monoisotopic (exact) mass is 338 g/mol. The lowest BCUT2D eigenvalue weighted by Gasteiger charge is -2.23. The molecule has 0 saturated carbocycles. The minimum absolute atomic E-state index is 0.0119. The minimum Gasteiger partial charge on any atom is -0.302 e. The molecule has 0 saturated heterocycles. The van der Waals surface area contributed by atoms with Gasteiger partial charge >= 0.3 is 0 Å². The third-order valence-corrected chi connectivity index (χ3v) is 5.46. The standard InChI is InChI=1S/C13H20Cl2N2O2S/c1-4-10(2)17(3)8-7-16-20(18,19)13-9-11(14)5-6-12(13)15/h5-6,9-10,16H,4,7-8H2,1-3H3. The Morgan fingerprint density at radius 1 is 1.35 bits per heavy atom. The van der Waals surface area contributed by atoms with Crippen LogP contribution in [0.2, 0.25) is 10.0 Å². The van der Waals surface area contributed by atoms with Crippen LogP contribution in [0.1, 0.15) is 20.3 Å². The van der Waals surface area contributed by atoms with E-state index in [4.69, 9.17) is 23.2 Å². The molecule has 0 aliphatic heterocycles. The van der Waals surface area contributed by atoms with Crippen molar-refractivity contribution in [2.24, 2.45) is 0 Å². The van der Waals surface area contributed by atoms with Gasteiger partial charge in [-0.2, -0.15) is 0 Å². The Labute approximate surface area is 131 Å². The normalized spacial score (nSPS) is 13.7. The molecule has 0 heterocycles. The molecule has 7 heteroatoms. The molecule has 1 rings (SSSR count). The van der Waals surface area contributed by atoms with Crippen LogP contribution in [0.3, 0.4) is 0 Å². The molecule has 0 aromatic heterocycles. The van der Waals surface area contributed by atoms with E-state index in [2.05, 4.69) is 23.5 Å². The summed E-state index contributed by atoms with van der Waals surface area (Å²) >= 11 is 11.7. The largest absolute Gasteiger partial charge is 0.302 e. The lowest BCUT2D eigenvalue weighted by molar-refractivity contribution is 0.256. The van der Waals surface area contributed by atoms with Crippen molar-refractivity contribution in [3.63, 3.8) is 0 Å². The topological polar surface area (TPSA) is 49.4 Å². The van der Waals surface area contributed by atoms with Gasteiger partial charge in [-0.3, -0.25) is 0 Å². The van der Waals surface area contributed by atoms with Crippen molar-refractivity contribution in [1.29, 1.82) is 0 Å². The second-order valence-corrected chi connectivity index (χ2v) is 7.29. The van der Waals surface area contributed by atoms with Crippen LogP contribution in [0, 0.1) is 0 Å². The highest BCUT2D eigenvalue weighted by atomic mass is 35.5. The molecule has 1 aromatic rings. The highest BCUT2D eigenvalue weighted by molar-refractivity contribution is 7.89. The minimum atomic E-state index is -3.63. The maximum Gasteiger partial charge on any atom is 0.242 e. The SMILES string of the molecule is CCC(C)N(C)CCNS(=O)(=O)c1cc(Cl)ccc1Cl. The molecule has 0 spiro atoms. The second kappa shape index (κ2) is 7.61. The lowest BCUT2D eigenvalue weighted by Crippen LogP contribution is -2.37. The number of hydrogen-bond acceptors (Lipinski definition) is 3. The number of benzene rings is 1. The maximum atomic E-state index is 12.2. The number of hydrogen-bond donors (Lipinski definition) is 1. The van der Waals surface area contributed by atoms with E-state index in [1.165, 1.54) is 12.1 Å². The Balaban J connectivity index is 2.69. The van der Waals surface area contributed by atoms with E-state index in [0.29, 0.717) is 24.2 Å². The van der Waals surface area contributed by atoms with Crippen LogP contribution in [0.25, 0.3) is 0 Å². The van der Waals surface area contributed by atoms with Gasteiger partial charge in [-0.25, -0.2) is 13.1 Å². The van der Waals surface area contributed by atoms with Crippen LogP contribution >= 0.6 is 23.2 Å². The van der Waals surface area contributed by atoms with Gasteiger partial charge in [0.2, 0.25) is 10.0 Å².